The Kier molecular flexibility index (Phi) is 7.34. The molecule has 0 unspecified atom stereocenters. The van der Waals surface area contributed by atoms with Gasteiger partial charge >= 0.3 is 6.03 Å². The van der Waals surface area contributed by atoms with E-state index in [1.165, 1.54) is 0 Å². The number of ether oxygens (including phenoxy) is 2. The van der Waals surface area contributed by atoms with Gasteiger partial charge in [-0.1, -0.05) is 12.8 Å². The minimum absolute atomic E-state index is 0.0238. The normalized spacial score (nSPS) is 22.0. The largest absolute Gasteiger partial charge is 0.486 e. The van der Waals surface area contributed by atoms with Crippen LogP contribution in [0.2, 0.25) is 0 Å². The summed E-state index contributed by atoms with van der Waals surface area (Å²) >= 11 is 0. The first-order valence-electron chi connectivity index (χ1n) is 11.6. The molecular formula is C23H32N4O5. The van der Waals surface area contributed by atoms with E-state index in [1.54, 1.807) is 28.0 Å². The van der Waals surface area contributed by atoms with Crippen molar-refractivity contribution in [3.05, 3.63) is 18.2 Å². The van der Waals surface area contributed by atoms with Crippen LogP contribution >= 0.6 is 0 Å². The van der Waals surface area contributed by atoms with Crippen molar-refractivity contribution < 1.29 is 23.9 Å². The van der Waals surface area contributed by atoms with Crippen molar-refractivity contribution in [3.8, 4) is 11.5 Å². The van der Waals surface area contributed by atoms with E-state index in [0.717, 1.165) is 32.1 Å². The highest BCUT2D eigenvalue weighted by molar-refractivity contribution is 5.94. The minimum Gasteiger partial charge on any atom is -0.486 e. The van der Waals surface area contributed by atoms with Crippen LogP contribution in [0.3, 0.4) is 0 Å². The van der Waals surface area contributed by atoms with Crippen LogP contribution in [0.15, 0.2) is 18.2 Å². The average molecular weight is 445 g/mol. The zero-order valence-electron chi connectivity index (χ0n) is 18.4. The monoisotopic (exact) mass is 444 g/mol. The average Bonchev–Trinajstić information content (AvgIpc) is 3.28. The van der Waals surface area contributed by atoms with E-state index in [9.17, 15) is 14.4 Å². The molecule has 2 fully saturated rings. The molecule has 4 rings (SSSR count). The Bertz CT molecular complexity index is 846. The van der Waals surface area contributed by atoms with Gasteiger partial charge in [-0.25, -0.2) is 4.79 Å². The van der Waals surface area contributed by atoms with E-state index in [2.05, 4.69) is 10.6 Å². The summed E-state index contributed by atoms with van der Waals surface area (Å²) in [6, 6.07) is 4.49. The third kappa shape index (κ3) is 5.44. The van der Waals surface area contributed by atoms with Gasteiger partial charge in [-0.2, -0.15) is 0 Å². The van der Waals surface area contributed by atoms with Crippen LogP contribution in [0, 0.1) is 0 Å². The fourth-order valence-corrected chi connectivity index (χ4v) is 4.46. The van der Waals surface area contributed by atoms with Crippen LogP contribution in [0.5, 0.6) is 11.5 Å². The minimum atomic E-state index is -0.500. The second kappa shape index (κ2) is 10.6. The smallest absolute Gasteiger partial charge is 0.322 e. The lowest BCUT2D eigenvalue weighted by molar-refractivity contribution is -0.135. The van der Waals surface area contributed by atoms with E-state index in [-0.39, 0.29) is 17.8 Å². The van der Waals surface area contributed by atoms with Gasteiger partial charge in [0.25, 0.3) is 0 Å². The second-order valence-corrected chi connectivity index (χ2v) is 8.48. The molecular weight excluding hydrogens is 412 g/mol. The number of benzene rings is 1. The molecule has 2 saturated heterocycles. The zero-order chi connectivity index (χ0) is 22.3. The van der Waals surface area contributed by atoms with Crippen molar-refractivity contribution in [1.82, 2.24) is 15.1 Å². The van der Waals surface area contributed by atoms with Crippen LogP contribution in [0.1, 0.15) is 44.9 Å². The van der Waals surface area contributed by atoms with Gasteiger partial charge in [-0.05, 0) is 37.8 Å². The van der Waals surface area contributed by atoms with Crippen molar-refractivity contribution in [1.29, 1.82) is 0 Å². The lowest BCUT2D eigenvalue weighted by atomic mass is 10.1. The van der Waals surface area contributed by atoms with Gasteiger partial charge < -0.3 is 29.9 Å². The van der Waals surface area contributed by atoms with E-state index >= 15 is 0 Å². The summed E-state index contributed by atoms with van der Waals surface area (Å²) in [4.78, 5) is 41.8. The molecule has 1 aromatic carbocycles. The molecule has 0 saturated carbocycles. The molecule has 0 spiro atoms. The third-order valence-corrected chi connectivity index (χ3v) is 6.19. The first-order valence-corrected chi connectivity index (χ1v) is 11.6. The Morgan fingerprint density at radius 3 is 2.66 bits per heavy atom. The number of hydrogen-bond donors (Lipinski definition) is 2. The first-order chi connectivity index (χ1) is 15.6. The summed E-state index contributed by atoms with van der Waals surface area (Å²) in [7, 11) is 0. The highest BCUT2D eigenvalue weighted by Crippen LogP contribution is 2.33. The van der Waals surface area contributed by atoms with Crippen LogP contribution in [-0.4, -0.2) is 73.1 Å². The van der Waals surface area contributed by atoms with E-state index < -0.39 is 6.04 Å². The lowest BCUT2D eigenvalue weighted by Crippen LogP contribution is -2.49. The van der Waals surface area contributed by atoms with Gasteiger partial charge in [-0.3, -0.25) is 9.59 Å². The van der Waals surface area contributed by atoms with Crippen molar-refractivity contribution in [2.24, 2.45) is 0 Å². The van der Waals surface area contributed by atoms with E-state index in [4.69, 9.17) is 9.47 Å². The molecule has 174 valence electrons. The number of carbonyl (C=O) groups is 3. The number of nitrogens with zero attached hydrogens (tertiary/aromatic N) is 2. The highest BCUT2D eigenvalue weighted by Gasteiger charge is 2.36. The molecule has 3 heterocycles. The van der Waals surface area contributed by atoms with Crippen LogP contribution in [0.25, 0.3) is 0 Å². The lowest BCUT2D eigenvalue weighted by Gasteiger charge is -2.30. The summed E-state index contributed by atoms with van der Waals surface area (Å²) in [6.07, 6.45) is 5.65. The molecule has 0 bridgehead atoms. The maximum Gasteiger partial charge on any atom is 0.322 e. The molecule has 1 atom stereocenters. The molecule has 1 aromatic rings. The van der Waals surface area contributed by atoms with Gasteiger partial charge in [0, 0.05) is 44.4 Å². The fraction of sp³-hybridized carbons (Fsp3) is 0.609. The Morgan fingerprint density at radius 1 is 0.969 bits per heavy atom. The Labute approximate surface area is 188 Å². The number of likely N-dealkylation sites (tertiary alicyclic amines) is 1. The number of amides is 4. The maximum absolute atomic E-state index is 13.4. The molecule has 0 radical (unpaired) electrons. The Morgan fingerprint density at radius 2 is 1.78 bits per heavy atom. The number of rotatable bonds is 2. The van der Waals surface area contributed by atoms with Crippen LogP contribution in [0.4, 0.5) is 10.5 Å². The van der Waals surface area contributed by atoms with E-state index in [0.29, 0.717) is 69.4 Å². The van der Waals surface area contributed by atoms with Gasteiger partial charge in [0.1, 0.15) is 19.3 Å². The maximum atomic E-state index is 13.4. The molecule has 4 amide bonds. The van der Waals surface area contributed by atoms with Crippen molar-refractivity contribution in [3.63, 3.8) is 0 Å². The molecule has 32 heavy (non-hydrogen) atoms. The Balaban J connectivity index is 1.40. The number of hydrogen-bond acceptors (Lipinski definition) is 5. The number of urea groups is 1. The molecule has 0 aliphatic carbocycles. The number of anilines is 1. The zero-order valence-corrected chi connectivity index (χ0v) is 18.4. The molecule has 9 nitrogen and oxygen atoms in total. The van der Waals surface area contributed by atoms with Gasteiger partial charge in [0.2, 0.25) is 11.8 Å². The standard InChI is InChI=1S/C23H32N4O5/c28-21-9-13-26(11-4-2-1-3-10-24-21)22(29)18-6-5-12-27(18)23(30)25-17-7-8-19-20(16-17)32-15-14-31-19/h7-8,16,18H,1-6,9-15H2,(H,24,28)(H,25,30)/t18-/m0/s1. The molecule has 3 aliphatic rings. The SMILES string of the molecule is O=C1CCN(C(=O)[C@@H]2CCCN2C(=O)Nc2ccc3c(c2)OCCO3)CCCCCCN1. The fourth-order valence-electron chi connectivity index (χ4n) is 4.46. The molecule has 9 heteroatoms. The predicted octanol–water partition coefficient (Wildman–Crippen LogP) is 2.36. The van der Waals surface area contributed by atoms with Crippen molar-refractivity contribution in [2.75, 3.05) is 44.7 Å². The van der Waals surface area contributed by atoms with Gasteiger partial charge in [0.05, 0.1) is 0 Å². The summed E-state index contributed by atoms with van der Waals surface area (Å²) in [6.45, 7) is 3.22. The molecule has 3 aliphatic heterocycles. The number of nitrogens with one attached hydrogen (secondary N) is 2. The van der Waals surface area contributed by atoms with E-state index in [1.807, 2.05) is 0 Å². The third-order valence-electron chi connectivity index (χ3n) is 6.19. The quantitative estimate of drug-likeness (QED) is 0.730. The molecule has 0 aromatic heterocycles. The van der Waals surface area contributed by atoms with Crippen molar-refractivity contribution >= 4 is 23.5 Å². The topological polar surface area (TPSA) is 100 Å². The van der Waals surface area contributed by atoms with Crippen LogP contribution in [-0.2, 0) is 9.59 Å². The second-order valence-electron chi connectivity index (χ2n) is 8.48. The highest BCUT2D eigenvalue weighted by atomic mass is 16.6. The molecule has 2 N–H and O–H groups in total. The first kappa shape index (κ1) is 22.2. The summed E-state index contributed by atoms with van der Waals surface area (Å²) in [5.41, 5.74) is 0.601. The summed E-state index contributed by atoms with van der Waals surface area (Å²) < 4.78 is 11.1. The van der Waals surface area contributed by atoms with Gasteiger partial charge in [-0.15, -0.1) is 0 Å². The summed E-state index contributed by atoms with van der Waals surface area (Å²) in [5, 5.41) is 5.81. The number of fused-ring (bicyclic) bond motifs is 1. The predicted molar refractivity (Wildman–Crippen MR) is 119 cm³/mol. The van der Waals surface area contributed by atoms with Crippen molar-refractivity contribution in [2.45, 2.75) is 51.0 Å². The Hall–Kier alpha value is -2.97. The summed E-state index contributed by atoms with van der Waals surface area (Å²) in [5.74, 6) is 1.17. The number of carbonyl (C=O) groups excluding carboxylic acids is 3. The van der Waals surface area contributed by atoms with Gasteiger partial charge in [0.15, 0.2) is 11.5 Å². The van der Waals surface area contributed by atoms with Crippen LogP contribution < -0.4 is 20.1 Å².